The number of aromatic amines is 1. The van der Waals surface area contributed by atoms with Gasteiger partial charge in [0.05, 0.1) is 18.9 Å². The number of rotatable bonds is 3. The van der Waals surface area contributed by atoms with Gasteiger partial charge in [-0.1, -0.05) is 12.1 Å². The molecule has 0 bridgehead atoms. The monoisotopic (exact) mass is 276 g/mol. The molecule has 1 aromatic carbocycles. The summed E-state index contributed by atoms with van der Waals surface area (Å²) in [5.41, 5.74) is 1.34. The molecule has 7 heteroatoms. The van der Waals surface area contributed by atoms with Gasteiger partial charge in [-0.05, 0) is 36.8 Å². The van der Waals surface area contributed by atoms with E-state index in [9.17, 15) is 4.79 Å². The second-order valence-corrected chi connectivity index (χ2v) is 4.13. The molecule has 0 fully saturated rings. The molecule has 0 saturated heterocycles. The zero-order valence-electron chi connectivity index (χ0n) is 10.5. The molecule has 0 amide bonds. The minimum atomic E-state index is -0.364. The highest BCUT2D eigenvalue weighted by atomic mass is 32.1. The number of aryl methyl sites for hydroxylation is 1. The van der Waals surface area contributed by atoms with E-state index in [1.54, 1.807) is 37.4 Å². The van der Waals surface area contributed by atoms with Crippen molar-refractivity contribution >= 4 is 24.4 Å². The summed E-state index contributed by atoms with van der Waals surface area (Å²) in [6, 6.07) is 6.90. The van der Waals surface area contributed by atoms with Crippen molar-refractivity contribution in [2.75, 3.05) is 7.11 Å². The Balaban J connectivity index is 2.20. The van der Waals surface area contributed by atoms with E-state index < -0.39 is 0 Å². The van der Waals surface area contributed by atoms with Crippen LogP contribution in [0.3, 0.4) is 0 Å². The Morgan fingerprint density at radius 1 is 1.47 bits per heavy atom. The Bertz CT molecular complexity index is 670. The number of carbonyl (C=O) groups is 1. The fourth-order valence-electron chi connectivity index (χ4n) is 1.45. The minimum absolute atomic E-state index is 0.364. The topological polar surface area (TPSA) is 72.3 Å². The number of nitrogens with zero attached hydrogens (tertiary/aromatic N) is 3. The number of aromatic nitrogens is 3. The molecule has 19 heavy (non-hydrogen) atoms. The summed E-state index contributed by atoms with van der Waals surface area (Å²) in [5.74, 6) is 0.309. The lowest BCUT2D eigenvalue weighted by Gasteiger charge is -1.99. The number of ether oxygens (including phenoxy) is 1. The van der Waals surface area contributed by atoms with Gasteiger partial charge in [-0.15, -0.1) is 0 Å². The SMILES string of the molecule is COC(=O)c1ccc(/C=N\n2c(C)n[nH]c2=S)cc1. The number of benzene rings is 1. The number of H-pyrrole nitrogens is 1. The Morgan fingerprint density at radius 3 is 2.68 bits per heavy atom. The van der Waals surface area contributed by atoms with Crippen molar-refractivity contribution in [3.05, 3.63) is 46.0 Å². The molecule has 0 aliphatic rings. The highest BCUT2D eigenvalue weighted by Gasteiger charge is 2.03. The molecular weight excluding hydrogens is 264 g/mol. The lowest BCUT2D eigenvalue weighted by molar-refractivity contribution is 0.0601. The summed E-state index contributed by atoms with van der Waals surface area (Å²) < 4.78 is 6.57. The van der Waals surface area contributed by atoms with Crippen LogP contribution in [0.25, 0.3) is 0 Å². The summed E-state index contributed by atoms with van der Waals surface area (Å²) in [7, 11) is 1.35. The predicted molar refractivity (Wildman–Crippen MR) is 72.9 cm³/mol. The van der Waals surface area contributed by atoms with E-state index in [1.807, 2.05) is 0 Å². The minimum Gasteiger partial charge on any atom is -0.465 e. The second kappa shape index (κ2) is 5.57. The van der Waals surface area contributed by atoms with E-state index in [0.29, 0.717) is 16.2 Å². The van der Waals surface area contributed by atoms with E-state index >= 15 is 0 Å². The summed E-state index contributed by atoms with van der Waals surface area (Å²) in [5, 5.41) is 10.8. The lowest BCUT2D eigenvalue weighted by Crippen LogP contribution is -2.01. The predicted octanol–water partition coefficient (Wildman–Crippen LogP) is 1.92. The first-order valence-electron chi connectivity index (χ1n) is 5.48. The summed E-state index contributed by atoms with van der Waals surface area (Å²) in [4.78, 5) is 11.3. The van der Waals surface area contributed by atoms with Gasteiger partial charge >= 0.3 is 5.97 Å². The molecule has 0 saturated carbocycles. The number of methoxy groups -OCH3 is 1. The van der Waals surface area contributed by atoms with Gasteiger partial charge in [0, 0.05) is 0 Å². The molecular formula is C12H12N4O2S. The average Bonchev–Trinajstić information content (AvgIpc) is 2.75. The Hall–Kier alpha value is -2.28. The maximum Gasteiger partial charge on any atom is 0.337 e. The fraction of sp³-hybridized carbons (Fsp3) is 0.167. The summed E-state index contributed by atoms with van der Waals surface area (Å²) >= 11 is 5.03. The van der Waals surface area contributed by atoms with Crippen molar-refractivity contribution < 1.29 is 9.53 Å². The molecule has 1 N–H and O–H groups in total. The van der Waals surface area contributed by atoms with Crippen LogP contribution in [-0.4, -0.2) is 34.2 Å². The van der Waals surface area contributed by atoms with Gasteiger partial charge in [0.1, 0.15) is 5.82 Å². The van der Waals surface area contributed by atoms with Crippen LogP contribution in [0.15, 0.2) is 29.4 Å². The third kappa shape index (κ3) is 2.94. The van der Waals surface area contributed by atoms with Crippen molar-refractivity contribution in [1.82, 2.24) is 14.9 Å². The van der Waals surface area contributed by atoms with E-state index in [0.717, 1.165) is 5.56 Å². The molecule has 6 nitrogen and oxygen atoms in total. The van der Waals surface area contributed by atoms with Gasteiger partial charge in [0.2, 0.25) is 4.77 Å². The Labute approximate surface area is 114 Å². The van der Waals surface area contributed by atoms with Crippen LogP contribution in [0.2, 0.25) is 0 Å². The van der Waals surface area contributed by atoms with Crippen LogP contribution in [0.4, 0.5) is 0 Å². The first kappa shape index (κ1) is 13.2. The van der Waals surface area contributed by atoms with Crippen LogP contribution < -0.4 is 0 Å². The van der Waals surface area contributed by atoms with Crippen molar-refractivity contribution in [2.45, 2.75) is 6.92 Å². The molecule has 98 valence electrons. The zero-order valence-corrected chi connectivity index (χ0v) is 11.3. The van der Waals surface area contributed by atoms with E-state index in [1.165, 1.54) is 11.8 Å². The highest BCUT2D eigenvalue weighted by Crippen LogP contribution is 2.04. The quantitative estimate of drug-likeness (QED) is 0.528. The summed E-state index contributed by atoms with van der Waals surface area (Å²) in [6.07, 6.45) is 1.64. The van der Waals surface area contributed by atoms with Crippen LogP contribution in [-0.2, 0) is 4.74 Å². The number of nitrogens with one attached hydrogen (secondary N) is 1. The van der Waals surface area contributed by atoms with Crippen molar-refractivity contribution in [2.24, 2.45) is 5.10 Å². The van der Waals surface area contributed by atoms with Gasteiger partial charge in [-0.3, -0.25) is 5.10 Å². The van der Waals surface area contributed by atoms with Gasteiger partial charge in [0.15, 0.2) is 0 Å². The average molecular weight is 276 g/mol. The van der Waals surface area contributed by atoms with Crippen LogP contribution >= 0.6 is 12.2 Å². The van der Waals surface area contributed by atoms with Crippen molar-refractivity contribution in [1.29, 1.82) is 0 Å². The molecule has 2 rings (SSSR count). The first-order chi connectivity index (χ1) is 9.11. The second-order valence-electron chi connectivity index (χ2n) is 3.75. The van der Waals surface area contributed by atoms with Crippen LogP contribution in [0, 0.1) is 11.7 Å². The van der Waals surface area contributed by atoms with E-state index in [2.05, 4.69) is 20.0 Å². The largest absolute Gasteiger partial charge is 0.465 e. The molecule has 1 heterocycles. The normalized spacial score (nSPS) is 10.8. The third-order valence-corrected chi connectivity index (χ3v) is 2.73. The van der Waals surface area contributed by atoms with Crippen LogP contribution in [0.1, 0.15) is 21.7 Å². The van der Waals surface area contributed by atoms with Crippen molar-refractivity contribution in [3.63, 3.8) is 0 Å². The molecule has 0 radical (unpaired) electrons. The zero-order chi connectivity index (χ0) is 13.8. The summed E-state index contributed by atoms with van der Waals surface area (Å²) in [6.45, 7) is 1.80. The fourth-order valence-corrected chi connectivity index (χ4v) is 1.68. The smallest absolute Gasteiger partial charge is 0.337 e. The third-order valence-electron chi connectivity index (χ3n) is 2.47. The van der Waals surface area contributed by atoms with Gasteiger partial charge in [0.25, 0.3) is 0 Å². The Morgan fingerprint density at radius 2 is 2.16 bits per heavy atom. The molecule has 0 aliphatic carbocycles. The van der Waals surface area contributed by atoms with E-state index in [-0.39, 0.29) is 5.97 Å². The molecule has 0 spiro atoms. The number of carbonyl (C=O) groups excluding carboxylic acids is 1. The first-order valence-corrected chi connectivity index (χ1v) is 5.89. The maximum atomic E-state index is 11.3. The standard InChI is InChI=1S/C12H12N4O2S/c1-8-14-15-12(19)16(8)13-7-9-3-5-10(6-4-9)11(17)18-2/h3-7H,1-2H3,(H,15,19)/b13-7-. The highest BCUT2D eigenvalue weighted by molar-refractivity contribution is 7.71. The Kier molecular flexibility index (Phi) is 3.86. The molecule has 0 unspecified atom stereocenters. The molecule has 0 aliphatic heterocycles. The number of esters is 1. The van der Waals surface area contributed by atoms with Gasteiger partial charge < -0.3 is 4.74 Å². The molecule has 2 aromatic rings. The maximum absolute atomic E-state index is 11.3. The molecule has 0 atom stereocenters. The number of hydrogen-bond acceptors (Lipinski definition) is 5. The van der Waals surface area contributed by atoms with Crippen LogP contribution in [0.5, 0.6) is 0 Å². The van der Waals surface area contributed by atoms with Gasteiger partial charge in [-0.2, -0.15) is 14.9 Å². The number of hydrogen-bond donors (Lipinski definition) is 1. The molecule has 1 aromatic heterocycles. The van der Waals surface area contributed by atoms with Gasteiger partial charge in [-0.25, -0.2) is 4.79 Å². The lowest BCUT2D eigenvalue weighted by atomic mass is 10.1. The van der Waals surface area contributed by atoms with Crippen molar-refractivity contribution in [3.8, 4) is 0 Å². The van der Waals surface area contributed by atoms with E-state index in [4.69, 9.17) is 12.2 Å².